The fraction of sp³-hybridized carbons (Fsp3) is 0. The van der Waals surface area contributed by atoms with Gasteiger partial charge < -0.3 is 10.8 Å². The van der Waals surface area contributed by atoms with E-state index in [0.717, 1.165) is 16.8 Å². The molecule has 3 N–H and O–H groups in total. The predicted molar refractivity (Wildman–Crippen MR) is 70.3 cm³/mol. The van der Waals surface area contributed by atoms with Crippen molar-refractivity contribution in [2.24, 2.45) is 5.73 Å². The third kappa shape index (κ3) is 3.45. The molecule has 0 saturated heterocycles. The summed E-state index contributed by atoms with van der Waals surface area (Å²) in [5, 5.41) is 10.6. The molecule has 0 aromatic heterocycles. The molecule has 18 heavy (non-hydrogen) atoms. The van der Waals surface area contributed by atoms with Crippen molar-refractivity contribution in [2.45, 2.75) is 0 Å². The third-order valence-electron chi connectivity index (χ3n) is 2.22. The Labute approximate surface area is 104 Å². The van der Waals surface area contributed by atoms with Crippen LogP contribution in [0, 0.1) is 0 Å². The summed E-state index contributed by atoms with van der Waals surface area (Å²) in [7, 11) is 0. The summed E-state index contributed by atoms with van der Waals surface area (Å²) in [4.78, 5) is 20.3. The third-order valence-corrected chi connectivity index (χ3v) is 2.22. The van der Waals surface area contributed by atoms with Gasteiger partial charge in [-0.25, -0.2) is 4.79 Å². The van der Waals surface area contributed by atoms with Crippen LogP contribution in [0.4, 0.5) is 0 Å². The largest absolute Gasteiger partial charge is 0.478 e. The monoisotopic (exact) mass is 243 g/mol. The van der Waals surface area contributed by atoms with E-state index in [1.807, 2.05) is 30.3 Å². The minimum absolute atomic E-state index is 0.359. The quantitative estimate of drug-likeness (QED) is 0.793. The zero-order valence-electron chi connectivity index (χ0n) is 9.67. The van der Waals surface area contributed by atoms with Gasteiger partial charge in [-0.3, -0.25) is 4.79 Å². The number of fused-ring (bicyclic) bond motifs is 1. The summed E-state index contributed by atoms with van der Waals surface area (Å²) in [5.41, 5.74) is 4.89. The lowest BCUT2D eigenvalue weighted by Crippen LogP contribution is -2.04. The van der Waals surface area contributed by atoms with Crippen molar-refractivity contribution >= 4 is 22.6 Å². The van der Waals surface area contributed by atoms with Crippen molar-refractivity contribution < 1.29 is 14.7 Å². The van der Waals surface area contributed by atoms with Crippen LogP contribution in [0.5, 0.6) is 0 Å². The van der Waals surface area contributed by atoms with Crippen molar-refractivity contribution in [3.8, 4) is 0 Å². The number of hydrogen-bond acceptors (Lipinski definition) is 2. The van der Waals surface area contributed by atoms with Crippen LogP contribution in [0.1, 0.15) is 10.4 Å². The standard InChI is InChI=1S/C11H8O2.C3H5NO/c12-11(13)10-7-3-5-8-4-1-2-6-9(8)10;1-2-3(4)5/h1-7H,(H,12,13);2H,1H2,(H2,4,5). The average Bonchev–Trinajstić information content (AvgIpc) is 2.38. The van der Waals surface area contributed by atoms with Gasteiger partial charge in [-0.1, -0.05) is 43.0 Å². The number of carboxylic acids is 1. The zero-order valence-corrected chi connectivity index (χ0v) is 9.67. The lowest BCUT2D eigenvalue weighted by molar-refractivity contribution is -0.113. The molecule has 0 bridgehead atoms. The maximum Gasteiger partial charge on any atom is 0.336 e. The SMILES string of the molecule is C=CC(N)=O.O=C(O)c1cccc2ccccc12. The van der Waals surface area contributed by atoms with Crippen LogP contribution < -0.4 is 5.73 Å². The van der Waals surface area contributed by atoms with Gasteiger partial charge >= 0.3 is 5.97 Å². The van der Waals surface area contributed by atoms with Gasteiger partial charge in [-0.05, 0) is 22.9 Å². The zero-order chi connectivity index (χ0) is 13.5. The second-order valence-corrected chi connectivity index (χ2v) is 3.44. The fourth-order valence-corrected chi connectivity index (χ4v) is 1.41. The maximum absolute atomic E-state index is 10.8. The lowest BCUT2D eigenvalue weighted by atomic mass is 10.1. The van der Waals surface area contributed by atoms with Crippen LogP contribution in [-0.2, 0) is 4.79 Å². The Morgan fingerprint density at radius 2 is 1.67 bits per heavy atom. The molecule has 0 fully saturated rings. The molecular weight excluding hydrogens is 230 g/mol. The van der Waals surface area contributed by atoms with Crippen molar-refractivity contribution in [3.63, 3.8) is 0 Å². The van der Waals surface area contributed by atoms with Gasteiger partial charge in [0.15, 0.2) is 0 Å². The van der Waals surface area contributed by atoms with Gasteiger partial charge in [0.1, 0.15) is 0 Å². The molecule has 4 nitrogen and oxygen atoms in total. The number of carbonyl (C=O) groups excluding carboxylic acids is 1. The Bertz CT molecular complexity index is 585. The Balaban J connectivity index is 0.000000280. The molecule has 0 heterocycles. The summed E-state index contributed by atoms with van der Waals surface area (Å²) >= 11 is 0. The number of hydrogen-bond donors (Lipinski definition) is 2. The summed E-state index contributed by atoms with van der Waals surface area (Å²) in [6.07, 6.45) is 1.06. The first-order chi connectivity index (χ1) is 8.56. The summed E-state index contributed by atoms with van der Waals surface area (Å²) < 4.78 is 0. The predicted octanol–water partition coefficient (Wildman–Crippen LogP) is 2.20. The first kappa shape index (κ1) is 13.4. The van der Waals surface area contributed by atoms with E-state index in [0.29, 0.717) is 5.56 Å². The van der Waals surface area contributed by atoms with E-state index in [9.17, 15) is 9.59 Å². The van der Waals surface area contributed by atoms with Gasteiger partial charge in [0, 0.05) is 0 Å². The normalized spacial score (nSPS) is 9.11. The van der Waals surface area contributed by atoms with Gasteiger partial charge in [-0.2, -0.15) is 0 Å². The molecule has 0 saturated carbocycles. The number of carbonyl (C=O) groups is 2. The first-order valence-electron chi connectivity index (χ1n) is 5.19. The molecule has 2 rings (SSSR count). The lowest BCUT2D eigenvalue weighted by Gasteiger charge is -2.00. The van der Waals surface area contributed by atoms with Gasteiger partial charge in [0.05, 0.1) is 5.56 Å². The highest BCUT2D eigenvalue weighted by atomic mass is 16.4. The smallest absolute Gasteiger partial charge is 0.336 e. The minimum Gasteiger partial charge on any atom is -0.478 e. The average molecular weight is 243 g/mol. The van der Waals surface area contributed by atoms with E-state index < -0.39 is 11.9 Å². The number of primary amides is 1. The number of rotatable bonds is 2. The van der Waals surface area contributed by atoms with Crippen LogP contribution >= 0.6 is 0 Å². The first-order valence-corrected chi connectivity index (χ1v) is 5.19. The molecule has 0 aliphatic carbocycles. The number of benzene rings is 2. The molecule has 0 aliphatic rings. The summed E-state index contributed by atoms with van der Waals surface area (Å²) in [5.74, 6) is -1.36. The summed E-state index contributed by atoms with van der Waals surface area (Å²) in [6, 6.07) is 12.7. The van der Waals surface area contributed by atoms with Crippen molar-refractivity contribution in [1.82, 2.24) is 0 Å². The summed E-state index contributed by atoms with van der Waals surface area (Å²) in [6.45, 7) is 3.09. The minimum atomic E-state index is -0.878. The van der Waals surface area contributed by atoms with E-state index in [-0.39, 0.29) is 0 Å². The van der Waals surface area contributed by atoms with E-state index in [1.54, 1.807) is 12.1 Å². The fourth-order valence-electron chi connectivity index (χ4n) is 1.41. The number of aromatic carboxylic acids is 1. The van der Waals surface area contributed by atoms with Crippen molar-refractivity contribution in [1.29, 1.82) is 0 Å². The van der Waals surface area contributed by atoms with E-state index in [2.05, 4.69) is 12.3 Å². The molecule has 0 aliphatic heterocycles. The maximum atomic E-state index is 10.8. The highest BCUT2D eigenvalue weighted by molar-refractivity contribution is 6.03. The topological polar surface area (TPSA) is 80.4 Å². The van der Waals surface area contributed by atoms with Gasteiger partial charge in [0.25, 0.3) is 0 Å². The molecule has 0 radical (unpaired) electrons. The highest BCUT2D eigenvalue weighted by Crippen LogP contribution is 2.17. The van der Waals surface area contributed by atoms with Gasteiger partial charge in [0.2, 0.25) is 5.91 Å². The van der Waals surface area contributed by atoms with E-state index >= 15 is 0 Å². The molecule has 0 spiro atoms. The molecule has 2 aromatic carbocycles. The van der Waals surface area contributed by atoms with Crippen LogP contribution in [0.3, 0.4) is 0 Å². The van der Waals surface area contributed by atoms with E-state index in [1.165, 1.54) is 0 Å². The Kier molecular flexibility index (Phi) is 4.63. The Morgan fingerprint density at radius 1 is 1.11 bits per heavy atom. The molecule has 1 amide bonds. The van der Waals surface area contributed by atoms with Crippen LogP contribution in [0.2, 0.25) is 0 Å². The van der Waals surface area contributed by atoms with Crippen molar-refractivity contribution in [2.75, 3.05) is 0 Å². The second-order valence-electron chi connectivity index (χ2n) is 3.44. The van der Waals surface area contributed by atoms with Gasteiger partial charge in [-0.15, -0.1) is 0 Å². The number of amides is 1. The Hall–Kier alpha value is -2.62. The van der Waals surface area contributed by atoms with E-state index in [4.69, 9.17) is 5.11 Å². The molecule has 4 heteroatoms. The highest BCUT2D eigenvalue weighted by Gasteiger charge is 2.05. The number of nitrogens with two attached hydrogens (primary N) is 1. The molecular formula is C14H13NO3. The Morgan fingerprint density at radius 3 is 2.22 bits per heavy atom. The van der Waals surface area contributed by atoms with Crippen LogP contribution in [-0.4, -0.2) is 17.0 Å². The molecule has 92 valence electrons. The van der Waals surface area contributed by atoms with Crippen molar-refractivity contribution in [3.05, 3.63) is 60.7 Å². The van der Waals surface area contributed by atoms with Crippen LogP contribution in [0.25, 0.3) is 10.8 Å². The second kappa shape index (κ2) is 6.20. The number of carboxylic acid groups (broad SMARTS) is 1. The molecule has 2 aromatic rings. The van der Waals surface area contributed by atoms with Crippen LogP contribution in [0.15, 0.2) is 55.1 Å². The molecule has 0 atom stereocenters. The molecule has 0 unspecified atom stereocenters.